The van der Waals surface area contributed by atoms with Crippen molar-refractivity contribution in [1.29, 1.82) is 0 Å². The lowest BCUT2D eigenvalue weighted by Crippen LogP contribution is -2.35. The van der Waals surface area contributed by atoms with E-state index in [0.717, 1.165) is 32.2 Å². The quantitative estimate of drug-likeness (QED) is 0.603. The van der Waals surface area contributed by atoms with E-state index in [9.17, 15) is 18.5 Å². The molecule has 0 aliphatic carbocycles. The van der Waals surface area contributed by atoms with Crippen molar-refractivity contribution in [3.05, 3.63) is 28.3 Å². The van der Waals surface area contributed by atoms with Crippen molar-refractivity contribution in [3.63, 3.8) is 0 Å². The van der Waals surface area contributed by atoms with E-state index >= 15 is 0 Å². The van der Waals surface area contributed by atoms with Gasteiger partial charge in [-0.15, -0.1) is 0 Å². The fourth-order valence-corrected chi connectivity index (χ4v) is 5.28. The summed E-state index contributed by atoms with van der Waals surface area (Å²) in [4.78, 5) is 13.2. The summed E-state index contributed by atoms with van der Waals surface area (Å²) in [7, 11) is -3.67. The second kappa shape index (κ2) is 6.92. The Hall–Kier alpha value is -1.67. The van der Waals surface area contributed by atoms with E-state index in [1.165, 1.54) is 16.4 Å². The predicted octanol–water partition coefficient (Wildman–Crippen LogP) is 3.00. The molecule has 0 aromatic heterocycles. The van der Waals surface area contributed by atoms with E-state index in [4.69, 9.17) is 0 Å². The first-order valence-electron chi connectivity index (χ1n) is 8.87. The van der Waals surface area contributed by atoms with E-state index in [-0.39, 0.29) is 16.6 Å². The summed E-state index contributed by atoms with van der Waals surface area (Å²) >= 11 is 0. The van der Waals surface area contributed by atoms with Gasteiger partial charge in [0, 0.05) is 31.7 Å². The van der Waals surface area contributed by atoms with Gasteiger partial charge in [-0.25, -0.2) is 8.42 Å². The average Bonchev–Trinajstić information content (AvgIpc) is 2.94. The van der Waals surface area contributed by atoms with Crippen LogP contribution in [-0.4, -0.2) is 43.3 Å². The van der Waals surface area contributed by atoms with Gasteiger partial charge >= 0.3 is 0 Å². The summed E-state index contributed by atoms with van der Waals surface area (Å²) in [5.41, 5.74) is 0.387. The van der Waals surface area contributed by atoms with Gasteiger partial charge in [-0.3, -0.25) is 10.1 Å². The number of nitrogens with zero attached hydrogens (tertiary/aromatic N) is 3. The van der Waals surface area contributed by atoms with Gasteiger partial charge < -0.3 is 4.90 Å². The van der Waals surface area contributed by atoms with Crippen LogP contribution < -0.4 is 4.90 Å². The molecule has 0 bridgehead atoms. The summed E-state index contributed by atoms with van der Waals surface area (Å²) in [5.74, 6) is 0.455. The topological polar surface area (TPSA) is 83.8 Å². The smallest absolute Gasteiger partial charge is 0.293 e. The number of benzene rings is 1. The van der Waals surface area contributed by atoms with Crippen LogP contribution in [0.3, 0.4) is 0 Å². The van der Waals surface area contributed by atoms with Gasteiger partial charge in [0.05, 0.1) is 9.82 Å². The molecule has 2 fully saturated rings. The molecule has 0 spiro atoms. The van der Waals surface area contributed by atoms with Gasteiger partial charge in [-0.2, -0.15) is 4.31 Å². The van der Waals surface area contributed by atoms with Crippen LogP contribution in [0.4, 0.5) is 11.4 Å². The summed E-state index contributed by atoms with van der Waals surface area (Å²) < 4.78 is 27.0. The number of rotatable bonds is 4. The van der Waals surface area contributed by atoms with Crippen LogP contribution in [-0.2, 0) is 10.0 Å². The van der Waals surface area contributed by atoms with Crippen molar-refractivity contribution in [1.82, 2.24) is 4.31 Å². The van der Waals surface area contributed by atoms with Crippen molar-refractivity contribution >= 4 is 21.4 Å². The fraction of sp³-hybridized carbons (Fsp3) is 0.647. The number of hydrogen-bond acceptors (Lipinski definition) is 5. The van der Waals surface area contributed by atoms with E-state index < -0.39 is 14.9 Å². The zero-order valence-electron chi connectivity index (χ0n) is 14.7. The van der Waals surface area contributed by atoms with Crippen LogP contribution in [0.1, 0.15) is 39.5 Å². The summed E-state index contributed by atoms with van der Waals surface area (Å²) in [6.07, 6.45) is 3.67. The molecule has 25 heavy (non-hydrogen) atoms. The van der Waals surface area contributed by atoms with Gasteiger partial charge in [-0.1, -0.05) is 13.3 Å². The minimum Gasteiger partial charge on any atom is -0.363 e. The lowest BCUT2D eigenvalue weighted by atomic mass is 10.0. The zero-order chi connectivity index (χ0) is 18.2. The predicted molar refractivity (Wildman–Crippen MR) is 96.3 cm³/mol. The van der Waals surface area contributed by atoms with Crippen LogP contribution in [0.2, 0.25) is 0 Å². The van der Waals surface area contributed by atoms with Crippen LogP contribution in [0.25, 0.3) is 0 Å². The highest BCUT2D eigenvalue weighted by molar-refractivity contribution is 7.89. The Morgan fingerprint density at radius 2 is 1.80 bits per heavy atom. The van der Waals surface area contributed by atoms with Gasteiger partial charge in [0.2, 0.25) is 10.0 Å². The lowest BCUT2D eigenvalue weighted by Gasteiger charge is -2.27. The normalized spacial score (nSPS) is 25.3. The molecule has 1 aromatic rings. The summed E-state index contributed by atoms with van der Waals surface area (Å²) in [6.45, 7) is 5.91. The van der Waals surface area contributed by atoms with Crippen molar-refractivity contribution in [3.8, 4) is 0 Å². The Bertz CT molecular complexity index is 759. The maximum atomic E-state index is 12.8. The third kappa shape index (κ3) is 3.37. The Balaban J connectivity index is 1.98. The molecule has 2 atom stereocenters. The van der Waals surface area contributed by atoms with Crippen molar-refractivity contribution in [2.45, 2.75) is 50.5 Å². The molecule has 2 heterocycles. The number of hydrogen-bond donors (Lipinski definition) is 0. The third-order valence-corrected chi connectivity index (χ3v) is 7.44. The number of anilines is 1. The van der Waals surface area contributed by atoms with Crippen LogP contribution >= 0.6 is 0 Å². The van der Waals surface area contributed by atoms with Crippen LogP contribution in [0, 0.1) is 16.0 Å². The molecule has 0 amide bonds. The zero-order valence-corrected chi connectivity index (χ0v) is 15.5. The van der Waals surface area contributed by atoms with Gasteiger partial charge in [0.1, 0.15) is 5.69 Å². The first-order chi connectivity index (χ1) is 11.8. The van der Waals surface area contributed by atoms with E-state index in [2.05, 4.69) is 13.8 Å². The second-order valence-corrected chi connectivity index (χ2v) is 9.01. The highest BCUT2D eigenvalue weighted by atomic mass is 32.2. The molecule has 138 valence electrons. The Morgan fingerprint density at radius 3 is 2.36 bits per heavy atom. The van der Waals surface area contributed by atoms with E-state index in [1.54, 1.807) is 6.07 Å². The SMILES string of the molecule is CC1CCN(c2ccc(S(=O)(=O)N3CCCCC3)cc2[N+](=O)[O-])C1C. The lowest BCUT2D eigenvalue weighted by molar-refractivity contribution is -0.384. The first kappa shape index (κ1) is 18.1. The number of sulfonamides is 1. The maximum Gasteiger partial charge on any atom is 0.293 e. The minimum absolute atomic E-state index is 0.0183. The van der Waals surface area contributed by atoms with Crippen LogP contribution in [0.5, 0.6) is 0 Å². The largest absolute Gasteiger partial charge is 0.363 e. The molecule has 2 aliphatic rings. The summed E-state index contributed by atoms with van der Waals surface area (Å²) in [6, 6.07) is 4.55. The molecular weight excluding hydrogens is 342 g/mol. The molecule has 3 rings (SSSR count). The van der Waals surface area contributed by atoms with E-state index in [0.29, 0.717) is 24.7 Å². The van der Waals surface area contributed by atoms with Crippen molar-refractivity contribution in [2.75, 3.05) is 24.5 Å². The van der Waals surface area contributed by atoms with Gasteiger partial charge in [-0.05, 0) is 44.2 Å². The van der Waals surface area contributed by atoms with Crippen molar-refractivity contribution < 1.29 is 13.3 Å². The molecule has 0 radical (unpaired) electrons. The van der Waals surface area contributed by atoms with E-state index in [1.807, 2.05) is 4.90 Å². The van der Waals surface area contributed by atoms with Gasteiger partial charge in [0.15, 0.2) is 0 Å². The van der Waals surface area contributed by atoms with Gasteiger partial charge in [0.25, 0.3) is 5.69 Å². The highest BCUT2D eigenvalue weighted by Gasteiger charge is 2.34. The molecule has 0 N–H and O–H groups in total. The second-order valence-electron chi connectivity index (χ2n) is 7.07. The Kier molecular flexibility index (Phi) is 5.02. The number of nitro benzene ring substituents is 1. The molecule has 7 nitrogen and oxygen atoms in total. The molecule has 1 aromatic carbocycles. The number of piperidine rings is 1. The number of nitro groups is 1. The minimum atomic E-state index is -3.67. The molecular formula is C17H25N3O4S. The highest BCUT2D eigenvalue weighted by Crippen LogP contribution is 2.37. The fourth-order valence-electron chi connectivity index (χ4n) is 3.74. The molecule has 0 saturated carbocycles. The van der Waals surface area contributed by atoms with Crippen LogP contribution in [0.15, 0.2) is 23.1 Å². The Morgan fingerprint density at radius 1 is 1.12 bits per heavy atom. The average molecular weight is 367 g/mol. The van der Waals surface area contributed by atoms with Crippen molar-refractivity contribution in [2.24, 2.45) is 5.92 Å². The molecule has 2 saturated heterocycles. The monoisotopic (exact) mass is 367 g/mol. The first-order valence-corrected chi connectivity index (χ1v) is 10.3. The molecule has 2 aliphatic heterocycles. The third-order valence-electron chi connectivity index (χ3n) is 5.55. The standard InChI is InChI=1S/C17H25N3O4S/c1-13-8-11-19(14(13)2)16-7-6-15(12-17(16)20(21)22)25(23,24)18-9-4-3-5-10-18/h6-7,12-14H,3-5,8-11H2,1-2H3. The maximum absolute atomic E-state index is 12.8. The molecule has 8 heteroatoms. The summed E-state index contributed by atoms with van der Waals surface area (Å²) in [5, 5.41) is 11.6. The Labute approximate surface area is 148 Å². The molecule has 2 unspecified atom stereocenters.